The SMILES string of the molecule is CCC(C)(C)C1CCC(=O)C(O)C1. The molecule has 0 saturated heterocycles. The lowest BCUT2D eigenvalue weighted by atomic mass is 9.69. The Morgan fingerprint density at radius 2 is 2.15 bits per heavy atom. The third kappa shape index (κ3) is 2.31. The lowest BCUT2D eigenvalue weighted by Crippen LogP contribution is -2.36. The van der Waals surface area contributed by atoms with Gasteiger partial charge < -0.3 is 5.11 Å². The van der Waals surface area contributed by atoms with E-state index in [9.17, 15) is 9.90 Å². The summed E-state index contributed by atoms with van der Waals surface area (Å²) in [6.45, 7) is 6.61. The first kappa shape index (κ1) is 10.7. The maximum absolute atomic E-state index is 11.1. The molecule has 2 nitrogen and oxygen atoms in total. The van der Waals surface area contributed by atoms with Crippen molar-refractivity contribution in [1.29, 1.82) is 0 Å². The molecule has 1 aliphatic carbocycles. The van der Waals surface area contributed by atoms with E-state index in [1.807, 2.05) is 0 Å². The fraction of sp³-hybridized carbons (Fsp3) is 0.909. The highest BCUT2D eigenvalue weighted by atomic mass is 16.3. The molecular weight excluding hydrogens is 164 g/mol. The number of Topliss-reactive ketones (excluding diaryl/α,β-unsaturated/α-hetero) is 1. The summed E-state index contributed by atoms with van der Waals surface area (Å²) < 4.78 is 0. The average molecular weight is 184 g/mol. The number of rotatable bonds is 2. The molecule has 1 fully saturated rings. The lowest BCUT2D eigenvalue weighted by molar-refractivity contribution is -0.132. The van der Waals surface area contributed by atoms with E-state index in [1.165, 1.54) is 0 Å². The molecule has 0 amide bonds. The number of carbonyl (C=O) groups excluding carboxylic acids is 1. The van der Waals surface area contributed by atoms with E-state index in [0.29, 0.717) is 18.8 Å². The van der Waals surface area contributed by atoms with Crippen LogP contribution in [-0.2, 0) is 4.79 Å². The van der Waals surface area contributed by atoms with Crippen molar-refractivity contribution in [3.8, 4) is 0 Å². The predicted octanol–water partition coefficient (Wildman–Crippen LogP) is 2.15. The van der Waals surface area contributed by atoms with Gasteiger partial charge in [0.05, 0.1) is 0 Å². The Hall–Kier alpha value is -0.370. The predicted molar refractivity (Wildman–Crippen MR) is 52.4 cm³/mol. The standard InChI is InChI=1S/C11H20O2/c1-4-11(2,3)8-5-6-9(12)10(13)7-8/h8,10,13H,4-7H2,1-3H3. The van der Waals surface area contributed by atoms with E-state index in [1.54, 1.807) is 0 Å². The monoisotopic (exact) mass is 184 g/mol. The van der Waals surface area contributed by atoms with Gasteiger partial charge in [0.15, 0.2) is 5.78 Å². The molecule has 0 heterocycles. The van der Waals surface area contributed by atoms with Crippen LogP contribution in [-0.4, -0.2) is 17.0 Å². The average Bonchev–Trinajstić information content (AvgIpc) is 2.09. The fourth-order valence-corrected chi connectivity index (χ4v) is 2.00. The summed E-state index contributed by atoms with van der Waals surface area (Å²) in [7, 11) is 0. The number of aliphatic hydroxyl groups is 1. The summed E-state index contributed by atoms with van der Waals surface area (Å²) in [5.74, 6) is 0.536. The molecular formula is C11H20O2. The zero-order valence-electron chi connectivity index (χ0n) is 8.84. The molecule has 2 unspecified atom stereocenters. The molecule has 0 aliphatic heterocycles. The Kier molecular flexibility index (Phi) is 3.12. The minimum atomic E-state index is -0.690. The van der Waals surface area contributed by atoms with Gasteiger partial charge in [0.1, 0.15) is 6.10 Å². The molecule has 1 rings (SSSR count). The first-order chi connectivity index (χ1) is 5.97. The quantitative estimate of drug-likeness (QED) is 0.714. The molecule has 0 bridgehead atoms. The third-order valence-electron chi connectivity index (χ3n) is 3.64. The van der Waals surface area contributed by atoms with Crippen LogP contribution in [0.4, 0.5) is 0 Å². The fourth-order valence-electron chi connectivity index (χ4n) is 2.00. The topological polar surface area (TPSA) is 37.3 Å². The maximum Gasteiger partial charge on any atom is 0.161 e. The zero-order chi connectivity index (χ0) is 10.1. The number of hydrogen-bond acceptors (Lipinski definition) is 2. The Morgan fingerprint density at radius 3 is 2.62 bits per heavy atom. The number of hydrogen-bond donors (Lipinski definition) is 1. The van der Waals surface area contributed by atoms with Crippen LogP contribution in [0.1, 0.15) is 46.5 Å². The number of ketones is 1. The molecule has 2 atom stereocenters. The molecule has 0 spiro atoms. The van der Waals surface area contributed by atoms with Crippen molar-refractivity contribution in [2.75, 3.05) is 0 Å². The lowest BCUT2D eigenvalue weighted by Gasteiger charge is -2.37. The van der Waals surface area contributed by atoms with Crippen LogP contribution >= 0.6 is 0 Å². The summed E-state index contributed by atoms with van der Waals surface area (Å²) in [4.78, 5) is 11.1. The Morgan fingerprint density at radius 1 is 1.54 bits per heavy atom. The molecule has 0 aromatic rings. The van der Waals surface area contributed by atoms with E-state index in [-0.39, 0.29) is 11.2 Å². The Bertz CT molecular complexity index is 196. The van der Waals surface area contributed by atoms with Crippen LogP contribution in [0.2, 0.25) is 0 Å². The largest absolute Gasteiger partial charge is 0.385 e. The van der Waals surface area contributed by atoms with Gasteiger partial charge in [-0.25, -0.2) is 0 Å². The first-order valence-electron chi connectivity index (χ1n) is 5.18. The van der Waals surface area contributed by atoms with Crippen molar-refractivity contribution in [2.24, 2.45) is 11.3 Å². The highest BCUT2D eigenvalue weighted by Gasteiger charge is 2.35. The summed E-state index contributed by atoms with van der Waals surface area (Å²) in [5, 5.41) is 9.46. The zero-order valence-corrected chi connectivity index (χ0v) is 8.84. The third-order valence-corrected chi connectivity index (χ3v) is 3.64. The van der Waals surface area contributed by atoms with Crippen LogP contribution in [0.3, 0.4) is 0 Å². The Balaban J connectivity index is 2.60. The molecule has 13 heavy (non-hydrogen) atoms. The molecule has 1 saturated carbocycles. The van der Waals surface area contributed by atoms with Crippen molar-refractivity contribution in [1.82, 2.24) is 0 Å². The maximum atomic E-state index is 11.1. The first-order valence-corrected chi connectivity index (χ1v) is 5.18. The van der Waals surface area contributed by atoms with Crippen LogP contribution in [0.25, 0.3) is 0 Å². The van der Waals surface area contributed by atoms with Crippen molar-refractivity contribution in [3.05, 3.63) is 0 Å². The van der Waals surface area contributed by atoms with Crippen LogP contribution < -0.4 is 0 Å². The van der Waals surface area contributed by atoms with Crippen molar-refractivity contribution >= 4 is 5.78 Å². The number of aliphatic hydroxyl groups excluding tert-OH is 1. The summed E-state index contributed by atoms with van der Waals surface area (Å²) in [5.41, 5.74) is 0.266. The highest BCUT2D eigenvalue weighted by molar-refractivity contribution is 5.83. The van der Waals surface area contributed by atoms with E-state index < -0.39 is 6.10 Å². The van der Waals surface area contributed by atoms with Gasteiger partial charge in [0.2, 0.25) is 0 Å². The van der Waals surface area contributed by atoms with Crippen molar-refractivity contribution < 1.29 is 9.90 Å². The van der Waals surface area contributed by atoms with Gasteiger partial charge in [-0.15, -0.1) is 0 Å². The molecule has 0 aromatic carbocycles. The molecule has 0 radical (unpaired) electrons. The van der Waals surface area contributed by atoms with E-state index in [2.05, 4.69) is 20.8 Å². The van der Waals surface area contributed by atoms with E-state index >= 15 is 0 Å². The summed E-state index contributed by atoms with van der Waals surface area (Å²) in [6, 6.07) is 0. The second-order valence-electron chi connectivity index (χ2n) is 4.80. The second-order valence-corrected chi connectivity index (χ2v) is 4.80. The second kappa shape index (κ2) is 3.79. The minimum absolute atomic E-state index is 0.0307. The Labute approximate surface area is 80.3 Å². The normalized spacial score (nSPS) is 30.6. The van der Waals surface area contributed by atoms with Crippen LogP contribution in [0.5, 0.6) is 0 Å². The minimum Gasteiger partial charge on any atom is -0.385 e. The van der Waals surface area contributed by atoms with Crippen molar-refractivity contribution in [2.45, 2.75) is 52.6 Å². The van der Waals surface area contributed by atoms with Gasteiger partial charge in [-0.1, -0.05) is 27.2 Å². The molecule has 1 N–H and O–H groups in total. The van der Waals surface area contributed by atoms with Gasteiger partial charge in [0, 0.05) is 6.42 Å². The van der Waals surface area contributed by atoms with Gasteiger partial charge in [-0.05, 0) is 24.2 Å². The smallest absolute Gasteiger partial charge is 0.161 e. The molecule has 0 aromatic heterocycles. The van der Waals surface area contributed by atoms with Crippen LogP contribution in [0.15, 0.2) is 0 Å². The van der Waals surface area contributed by atoms with Crippen molar-refractivity contribution in [3.63, 3.8) is 0 Å². The molecule has 2 heteroatoms. The van der Waals surface area contributed by atoms with Gasteiger partial charge in [-0.2, -0.15) is 0 Å². The summed E-state index contributed by atoms with van der Waals surface area (Å²) in [6.07, 6.45) is 2.61. The van der Waals surface area contributed by atoms with Gasteiger partial charge in [-0.3, -0.25) is 4.79 Å². The number of carbonyl (C=O) groups is 1. The van der Waals surface area contributed by atoms with E-state index in [4.69, 9.17) is 0 Å². The van der Waals surface area contributed by atoms with E-state index in [0.717, 1.165) is 12.8 Å². The molecule has 1 aliphatic rings. The highest BCUT2D eigenvalue weighted by Crippen LogP contribution is 2.39. The molecule has 76 valence electrons. The van der Waals surface area contributed by atoms with Gasteiger partial charge >= 0.3 is 0 Å². The van der Waals surface area contributed by atoms with Crippen LogP contribution in [0, 0.1) is 11.3 Å². The summed E-state index contributed by atoms with van der Waals surface area (Å²) >= 11 is 0. The van der Waals surface area contributed by atoms with Gasteiger partial charge in [0.25, 0.3) is 0 Å².